The third kappa shape index (κ3) is 3.70. The first-order valence-corrected chi connectivity index (χ1v) is 7.97. The predicted molar refractivity (Wildman–Crippen MR) is 85.5 cm³/mol. The van der Waals surface area contributed by atoms with Gasteiger partial charge in [-0.2, -0.15) is 13.2 Å². The lowest BCUT2D eigenvalue weighted by atomic mass is 9.88. The zero-order valence-corrected chi connectivity index (χ0v) is 13.2. The van der Waals surface area contributed by atoms with Crippen LogP contribution in [-0.2, 0) is 12.6 Å². The lowest BCUT2D eigenvalue weighted by molar-refractivity contribution is -0.137. The molecule has 0 aromatic heterocycles. The zero-order chi connectivity index (χ0) is 16.4. The second-order valence-corrected chi connectivity index (χ2v) is 6.31. The van der Waals surface area contributed by atoms with Gasteiger partial charge in [0, 0.05) is 6.04 Å². The van der Waals surface area contributed by atoms with Crippen LogP contribution >= 0.6 is 11.6 Å². The summed E-state index contributed by atoms with van der Waals surface area (Å²) in [6.07, 6.45) is -2.63. The molecule has 0 spiro atoms. The van der Waals surface area contributed by atoms with Gasteiger partial charge >= 0.3 is 6.18 Å². The van der Waals surface area contributed by atoms with Gasteiger partial charge < -0.3 is 5.32 Å². The summed E-state index contributed by atoms with van der Waals surface area (Å²) in [7, 11) is 0. The van der Waals surface area contributed by atoms with E-state index in [1.54, 1.807) is 6.07 Å². The molecule has 1 fully saturated rings. The minimum absolute atomic E-state index is 0.0754. The molecule has 5 heteroatoms. The van der Waals surface area contributed by atoms with Crippen LogP contribution in [0.2, 0.25) is 5.02 Å². The summed E-state index contributed by atoms with van der Waals surface area (Å²) in [4.78, 5) is 0. The number of nitrogens with one attached hydrogen (secondary N) is 1. The fourth-order valence-electron chi connectivity index (χ4n) is 3.24. The molecule has 0 aliphatic carbocycles. The van der Waals surface area contributed by atoms with E-state index in [0.29, 0.717) is 5.56 Å². The Morgan fingerprint density at radius 3 is 2.52 bits per heavy atom. The molecule has 23 heavy (non-hydrogen) atoms. The van der Waals surface area contributed by atoms with Crippen LogP contribution in [0.15, 0.2) is 48.5 Å². The fraction of sp³-hybridized carbons (Fsp3) is 0.333. The van der Waals surface area contributed by atoms with E-state index in [-0.39, 0.29) is 17.0 Å². The van der Waals surface area contributed by atoms with Gasteiger partial charge in [0.15, 0.2) is 0 Å². The quantitative estimate of drug-likeness (QED) is 0.805. The van der Waals surface area contributed by atoms with Crippen LogP contribution in [0.1, 0.15) is 29.2 Å². The number of rotatable bonds is 3. The molecule has 1 aliphatic heterocycles. The smallest absolute Gasteiger partial charge is 0.310 e. The summed E-state index contributed by atoms with van der Waals surface area (Å²) in [6.45, 7) is 0.812. The lowest BCUT2D eigenvalue weighted by Gasteiger charge is -2.21. The molecule has 122 valence electrons. The molecule has 1 saturated heterocycles. The van der Waals surface area contributed by atoms with Crippen molar-refractivity contribution in [1.29, 1.82) is 0 Å². The van der Waals surface area contributed by atoms with Gasteiger partial charge in [0.05, 0.1) is 10.6 Å². The third-order valence-corrected chi connectivity index (χ3v) is 4.68. The van der Waals surface area contributed by atoms with E-state index in [4.69, 9.17) is 11.6 Å². The Labute approximate surface area is 138 Å². The van der Waals surface area contributed by atoms with Crippen LogP contribution in [0.25, 0.3) is 0 Å². The van der Waals surface area contributed by atoms with E-state index in [1.807, 2.05) is 18.2 Å². The maximum atomic E-state index is 13.1. The van der Waals surface area contributed by atoms with Gasteiger partial charge in [-0.25, -0.2) is 0 Å². The van der Waals surface area contributed by atoms with Crippen molar-refractivity contribution in [2.24, 2.45) is 5.92 Å². The molecule has 1 heterocycles. The molecule has 0 saturated carbocycles. The first kappa shape index (κ1) is 16.3. The first-order chi connectivity index (χ1) is 10.9. The third-order valence-electron chi connectivity index (χ3n) is 4.35. The summed E-state index contributed by atoms with van der Waals surface area (Å²) in [5.74, 6) is 0.277. The van der Waals surface area contributed by atoms with Crippen molar-refractivity contribution < 1.29 is 13.2 Å². The molecule has 2 aromatic rings. The molecule has 2 aromatic carbocycles. The highest BCUT2D eigenvalue weighted by atomic mass is 35.5. The van der Waals surface area contributed by atoms with E-state index >= 15 is 0 Å². The molecule has 0 bridgehead atoms. The van der Waals surface area contributed by atoms with Gasteiger partial charge in [-0.1, -0.05) is 48.0 Å². The lowest BCUT2D eigenvalue weighted by Crippen LogP contribution is -2.20. The molecule has 2 unspecified atom stereocenters. The largest absolute Gasteiger partial charge is 0.417 e. The number of halogens is 4. The molecule has 0 amide bonds. The van der Waals surface area contributed by atoms with Gasteiger partial charge in [0.1, 0.15) is 0 Å². The summed E-state index contributed by atoms with van der Waals surface area (Å²) >= 11 is 5.71. The van der Waals surface area contributed by atoms with Crippen molar-refractivity contribution >= 4 is 11.6 Å². The zero-order valence-electron chi connectivity index (χ0n) is 12.4. The number of benzene rings is 2. The van der Waals surface area contributed by atoms with Crippen molar-refractivity contribution in [3.05, 3.63) is 70.2 Å². The summed E-state index contributed by atoms with van der Waals surface area (Å²) in [5, 5.41) is 3.08. The van der Waals surface area contributed by atoms with Crippen LogP contribution < -0.4 is 5.32 Å². The van der Waals surface area contributed by atoms with Crippen molar-refractivity contribution in [1.82, 2.24) is 5.32 Å². The molecular formula is C18H17ClF3N. The maximum absolute atomic E-state index is 13.1. The Balaban J connectivity index is 1.85. The molecule has 3 rings (SSSR count). The fourth-order valence-corrected chi connectivity index (χ4v) is 3.46. The van der Waals surface area contributed by atoms with Crippen molar-refractivity contribution in [2.75, 3.05) is 6.54 Å². The van der Waals surface area contributed by atoms with Gasteiger partial charge in [-0.3, -0.25) is 0 Å². The highest BCUT2D eigenvalue weighted by Crippen LogP contribution is 2.39. The van der Waals surface area contributed by atoms with Crippen molar-refractivity contribution in [3.63, 3.8) is 0 Å². The second kappa shape index (κ2) is 6.54. The highest BCUT2D eigenvalue weighted by molar-refractivity contribution is 6.31. The molecule has 1 N–H and O–H groups in total. The normalized spacial score (nSPS) is 21.6. The minimum Gasteiger partial charge on any atom is -0.310 e. The van der Waals surface area contributed by atoms with Crippen LogP contribution in [0.5, 0.6) is 0 Å². The van der Waals surface area contributed by atoms with Gasteiger partial charge in [0.2, 0.25) is 0 Å². The van der Waals surface area contributed by atoms with Crippen LogP contribution in [0.3, 0.4) is 0 Å². The Kier molecular flexibility index (Phi) is 4.64. The van der Waals surface area contributed by atoms with Crippen molar-refractivity contribution in [3.8, 4) is 0 Å². The van der Waals surface area contributed by atoms with E-state index in [9.17, 15) is 13.2 Å². The summed E-state index contributed by atoms with van der Waals surface area (Å²) < 4.78 is 39.2. The predicted octanol–water partition coefficient (Wildman–Crippen LogP) is 5.25. The Bertz CT molecular complexity index is 670. The Hall–Kier alpha value is -1.52. The molecule has 1 nitrogen and oxygen atoms in total. The van der Waals surface area contributed by atoms with Crippen LogP contribution in [0, 0.1) is 5.92 Å². The van der Waals surface area contributed by atoms with Gasteiger partial charge in [-0.05, 0) is 48.6 Å². The van der Waals surface area contributed by atoms with Gasteiger partial charge in [0.25, 0.3) is 0 Å². The van der Waals surface area contributed by atoms with E-state index < -0.39 is 11.7 Å². The maximum Gasteiger partial charge on any atom is 0.417 e. The monoisotopic (exact) mass is 339 g/mol. The number of hydrogen-bond donors (Lipinski definition) is 1. The molecular weight excluding hydrogens is 323 g/mol. The first-order valence-electron chi connectivity index (χ1n) is 7.59. The molecule has 1 aliphatic rings. The average Bonchev–Trinajstić information content (AvgIpc) is 2.96. The number of hydrogen-bond acceptors (Lipinski definition) is 1. The van der Waals surface area contributed by atoms with Crippen LogP contribution in [0.4, 0.5) is 13.2 Å². The Morgan fingerprint density at radius 2 is 1.83 bits per heavy atom. The average molecular weight is 340 g/mol. The second-order valence-electron chi connectivity index (χ2n) is 5.91. The van der Waals surface area contributed by atoms with E-state index in [1.165, 1.54) is 17.7 Å². The highest BCUT2D eigenvalue weighted by Gasteiger charge is 2.35. The molecule has 0 radical (unpaired) electrons. The van der Waals surface area contributed by atoms with Gasteiger partial charge in [-0.15, -0.1) is 0 Å². The minimum atomic E-state index is -4.43. The number of alkyl halides is 3. The Morgan fingerprint density at radius 1 is 1.09 bits per heavy atom. The summed E-state index contributed by atoms with van der Waals surface area (Å²) in [5.41, 5.74) is 1.10. The van der Waals surface area contributed by atoms with Crippen LogP contribution in [-0.4, -0.2) is 6.54 Å². The van der Waals surface area contributed by atoms with E-state index in [0.717, 1.165) is 19.4 Å². The van der Waals surface area contributed by atoms with Crippen molar-refractivity contribution in [2.45, 2.75) is 25.1 Å². The van der Waals surface area contributed by atoms with E-state index in [2.05, 4.69) is 17.4 Å². The molecule has 2 atom stereocenters. The standard InChI is InChI=1S/C18H17ClF3N/c19-16-7-6-13(11-15(16)18(20,21)22)17-14(8-9-23-17)10-12-4-2-1-3-5-12/h1-7,11,14,17,23H,8-10H2. The SMILES string of the molecule is FC(F)(F)c1cc(C2NCCC2Cc2ccccc2)ccc1Cl. The topological polar surface area (TPSA) is 12.0 Å². The summed E-state index contributed by atoms with van der Waals surface area (Å²) in [6, 6.07) is 14.2.